The van der Waals surface area contributed by atoms with E-state index in [2.05, 4.69) is 16.0 Å². The first-order valence-corrected chi connectivity index (χ1v) is 18.3. The van der Waals surface area contributed by atoms with Crippen LogP contribution in [0.1, 0.15) is 91.7 Å². The molecule has 1 aromatic carbocycles. The molecule has 0 saturated carbocycles. The Kier molecular flexibility index (Phi) is 18.4. The van der Waals surface area contributed by atoms with Crippen molar-refractivity contribution in [1.82, 2.24) is 25.8 Å². The van der Waals surface area contributed by atoms with Crippen LogP contribution >= 0.6 is 0 Å². The Morgan fingerprint density at radius 3 is 2.14 bits per heavy atom. The number of aliphatic hydroxyl groups excluding tert-OH is 1. The number of aliphatic hydroxyl groups is 1. The zero-order valence-corrected chi connectivity index (χ0v) is 32.1. The number of carbonyl (C=O) groups excluding carboxylic acids is 4. The highest BCUT2D eigenvalue weighted by molar-refractivity contribution is 5.90. The Bertz CT molecular complexity index is 1200. The number of nitrogens with one attached hydrogen (secondary N) is 3. The minimum absolute atomic E-state index is 0.00950. The Labute approximate surface area is 300 Å². The van der Waals surface area contributed by atoms with Crippen molar-refractivity contribution in [1.29, 1.82) is 0 Å². The van der Waals surface area contributed by atoms with Gasteiger partial charge in [0.25, 0.3) is 0 Å². The number of hydrogen-bond donors (Lipinski definition) is 4. The Balaban J connectivity index is 2.21. The molecule has 0 radical (unpaired) electrons. The normalized spacial score (nSPS) is 19.2. The van der Waals surface area contributed by atoms with E-state index in [1.807, 2.05) is 64.6 Å². The van der Waals surface area contributed by atoms with Gasteiger partial charge in [0.2, 0.25) is 23.6 Å². The van der Waals surface area contributed by atoms with Crippen LogP contribution in [0.15, 0.2) is 30.3 Å². The molecule has 0 bridgehead atoms. The summed E-state index contributed by atoms with van der Waals surface area (Å²) in [6.07, 6.45) is 1.27. The molecule has 284 valence electrons. The maximum atomic E-state index is 14.1. The number of hydrogen-bond acceptors (Lipinski definition) is 8. The molecule has 1 heterocycles. The molecule has 0 spiro atoms. The van der Waals surface area contributed by atoms with Gasteiger partial charge in [0.15, 0.2) is 0 Å². The molecule has 1 unspecified atom stereocenters. The molecule has 4 amide bonds. The lowest BCUT2D eigenvalue weighted by Gasteiger charge is -2.42. The summed E-state index contributed by atoms with van der Waals surface area (Å²) in [5, 5.41) is 19.3. The Morgan fingerprint density at radius 2 is 1.60 bits per heavy atom. The van der Waals surface area contributed by atoms with Crippen LogP contribution in [0.4, 0.5) is 0 Å². The molecule has 1 fully saturated rings. The first kappa shape index (κ1) is 43.1. The SMILES string of the molecule is CCC(C)[C@@H]([C@@H](CC(=O)N1CCCC[C@H]1[C@@H](CC(=O)NC[C@@H](O)c1ccccc1)OC)OC)N(C)C(=O)[C@@H](NC(=O)[C@@H](NC)C(C)C)C(C)C. The van der Waals surface area contributed by atoms with Crippen molar-refractivity contribution in [3.8, 4) is 0 Å². The highest BCUT2D eigenvalue weighted by Gasteiger charge is 2.41. The van der Waals surface area contributed by atoms with Gasteiger partial charge in [-0.2, -0.15) is 0 Å². The molecule has 0 aliphatic carbocycles. The molecule has 12 heteroatoms. The van der Waals surface area contributed by atoms with Crippen LogP contribution in [0.3, 0.4) is 0 Å². The summed E-state index contributed by atoms with van der Waals surface area (Å²) in [5.74, 6) is -0.993. The fourth-order valence-electron chi connectivity index (χ4n) is 7.05. The molecule has 12 nitrogen and oxygen atoms in total. The van der Waals surface area contributed by atoms with E-state index in [-0.39, 0.29) is 66.8 Å². The molecule has 2 rings (SSSR count). The molecule has 4 N–H and O–H groups in total. The van der Waals surface area contributed by atoms with Crippen molar-refractivity contribution in [2.75, 3.05) is 41.4 Å². The molecule has 1 saturated heterocycles. The standard InChI is InChI=1S/C38H65N5O7/c1-11-26(6)36(42(8)38(48)35(25(4)5)41-37(47)34(39-7)24(2)3)31(50-10)22-33(46)43-20-16-15-19-28(43)30(49-9)21-32(45)40-23-29(44)27-17-13-12-14-18-27/h12-14,17-18,24-26,28-31,34-36,39,44H,11,15-16,19-23H2,1-10H3,(H,40,45)(H,41,47)/t26?,28-,29+,30+,31+,34-,35-,36-/m0/s1. The van der Waals surface area contributed by atoms with Gasteiger partial charge >= 0.3 is 0 Å². The van der Waals surface area contributed by atoms with Crippen LogP contribution in [0.2, 0.25) is 0 Å². The molecule has 8 atom stereocenters. The molecular weight excluding hydrogens is 638 g/mol. The van der Waals surface area contributed by atoms with E-state index in [1.165, 1.54) is 0 Å². The van der Waals surface area contributed by atoms with Crippen LogP contribution < -0.4 is 16.0 Å². The first-order valence-electron chi connectivity index (χ1n) is 18.3. The maximum Gasteiger partial charge on any atom is 0.245 e. The maximum absolute atomic E-state index is 14.1. The van der Waals surface area contributed by atoms with Gasteiger partial charge in [-0.15, -0.1) is 0 Å². The molecule has 50 heavy (non-hydrogen) atoms. The van der Waals surface area contributed by atoms with Crippen molar-refractivity contribution < 1.29 is 33.8 Å². The number of piperidine rings is 1. The summed E-state index contributed by atoms with van der Waals surface area (Å²) < 4.78 is 11.8. The number of benzene rings is 1. The van der Waals surface area contributed by atoms with Gasteiger partial charge in [0, 0.05) is 34.4 Å². The fourth-order valence-corrected chi connectivity index (χ4v) is 7.05. The Morgan fingerprint density at radius 1 is 0.960 bits per heavy atom. The summed E-state index contributed by atoms with van der Waals surface area (Å²) >= 11 is 0. The number of likely N-dealkylation sites (N-methyl/N-ethyl adjacent to an activating group) is 2. The Hall–Kier alpha value is -3.06. The lowest BCUT2D eigenvalue weighted by molar-refractivity contribution is -0.149. The van der Waals surface area contributed by atoms with Crippen molar-refractivity contribution in [2.24, 2.45) is 17.8 Å². The second-order valence-electron chi connectivity index (χ2n) is 14.4. The van der Waals surface area contributed by atoms with Crippen LogP contribution in [0.5, 0.6) is 0 Å². The van der Waals surface area contributed by atoms with Gasteiger partial charge in [0.1, 0.15) is 6.04 Å². The number of carbonyl (C=O) groups is 4. The van der Waals surface area contributed by atoms with Gasteiger partial charge in [-0.25, -0.2) is 0 Å². The number of nitrogens with zero attached hydrogens (tertiary/aromatic N) is 2. The third kappa shape index (κ3) is 12.0. The lowest BCUT2D eigenvalue weighted by atomic mass is 9.89. The van der Waals surface area contributed by atoms with Crippen molar-refractivity contribution in [3.63, 3.8) is 0 Å². The van der Waals surface area contributed by atoms with Crippen molar-refractivity contribution in [3.05, 3.63) is 35.9 Å². The zero-order valence-electron chi connectivity index (χ0n) is 32.1. The number of amides is 4. The van der Waals surface area contributed by atoms with Crippen LogP contribution in [0.25, 0.3) is 0 Å². The lowest BCUT2D eigenvalue weighted by Crippen LogP contribution is -2.60. The average Bonchev–Trinajstić information content (AvgIpc) is 3.11. The molecular formula is C38H65N5O7. The number of methoxy groups -OCH3 is 2. The van der Waals surface area contributed by atoms with Crippen molar-refractivity contribution >= 4 is 23.6 Å². The van der Waals surface area contributed by atoms with Crippen LogP contribution in [0, 0.1) is 17.8 Å². The third-order valence-electron chi connectivity index (χ3n) is 10.2. The van der Waals surface area contributed by atoms with Gasteiger partial charge in [-0.3, -0.25) is 19.2 Å². The van der Waals surface area contributed by atoms with E-state index in [1.54, 1.807) is 45.3 Å². The monoisotopic (exact) mass is 703 g/mol. The fraction of sp³-hybridized carbons (Fsp3) is 0.737. The quantitative estimate of drug-likeness (QED) is 0.162. The summed E-state index contributed by atoms with van der Waals surface area (Å²) in [5.41, 5.74) is 0.717. The van der Waals surface area contributed by atoms with E-state index < -0.39 is 36.4 Å². The minimum atomic E-state index is -0.833. The zero-order chi connectivity index (χ0) is 37.5. The summed E-state index contributed by atoms with van der Waals surface area (Å²) in [7, 11) is 6.58. The van der Waals surface area contributed by atoms with E-state index in [9.17, 15) is 24.3 Å². The predicted octanol–water partition coefficient (Wildman–Crippen LogP) is 3.29. The summed E-state index contributed by atoms with van der Waals surface area (Å²) in [6, 6.07) is 7.20. The minimum Gasteiger partial charge on any atom is -0.387 e. The van der Waals surface area contributed by atoms with Gasteiger partial charge < -0.3 is 40.3 Å². The smallest absolute Gasteiger partial charge is 0.245 e. The van der Waals surface area contributed by atoms with Gasteiger partial charge in [-0.05, 0) is 49.6 Å². The van der Waals surface area contributed by atoms with Crippen LogP contribution in [-0.2, 0) is 28.7 Å². The largest absolute Gasteiger partial charge is 0.387 e. The first-order chi connectivity index (χ1) is 23.7. The molecule has 1 aliphatic rings. The van der Waals surface area contributed by atoms with Crippen molar-refractivity contribution in [2.45, 2.75) is 123 Å². The third-order valence-corrected chi connectivity index (χ3v) is 10.2. The topological polar surface area (TPSA) is 150 Å². The number of ether oxygens (including phenoxy) is 2. The number of rotatable bonds is 20. The van der Waals surface area contributed by atoms with Gasteiger partial charge in [-0.1, -0.05) is 78.3 Å². The van der Waals surface area contributed by atoms with E-state index in [4.69, 9.17) is 9.47 Å². The van der Waals surface area contributed by atoms with E-state index >= 15 is 0 Å². The highest BCUT2D eigenvalue weighted by atomic mass is 16.5. The second kappa shape index (κ2) is 21.3. The summed E-state index contributed by atoms with van der Waals surface area (Å²) in [4.78, 5) is 57.8. The molecule has 1 aromatic rings. The molecule has 1 aliphatic heterocycles. The van der Waals surface area contributed by atoms with Crippen LogP contribution in [-0.4, -0.2) is 116 Å². The highest BCUT2D eigenvalue weighted by Crippen LogP contribution is 2.28. The average molecular weight is 704 g/mol. The van der Waals surface area contributed by atoms with E-state index in [0.29, 0.717) is 18.5 Å². The van der Waals surface area contributed by atoms with E-state index in [0.717, 1.165) is 19.3 Å². The van der Waals surface area contributed by atoms with Gasteiger partial charge in [0.05, 0.1) is 49.3 Å². The number of likely N-dealkylation sites (tertiary alicyclic amines) is 1. The summed E-state index contributed by atoms with van der Waals surface area (Å²) in [6.45, 7) is 12.4. The molecule has 0 aromatic heterocycles. The predicted molar refractivity (Wildman–Crippen MR) is 195 cm³/mol. The second-order valence-corrected chi connectivity index (χ2v) is 14.4.